The van der Waals surface area contributed by atoms with Gasteiger partial charge in [-0.2, -0.15) is 0 Å². The van der Waals surface area contributed by atoms with E-state index in [2.05, 4.69) is 0 Å². The van der Waals surface area contributed by atoms with Crippen LogP contribution in [0.15, 0.2) is 65.5 Å². The number of amides is 1. The number of rotatable bonds is 4. The molecule has 1 fully saturated rings. The van der Waals surface area contributed by atoms with Gasteiger partial charge in [0.1, 0.15) is 11.5 Å². The van der Waals surface area contributed by atoms with Gasteiger partial charge in [-0.1, -0.05) is 12.1 Å². The smallest absolute Gasteiger partial charge is 0.253 e. The van der Waals surface area contributed by atoms with Crippen LogP contribution in [0.25, 0.3) is 11.1 Å². The van der Waals surface area contributed by atoms with Crippen molar-refractivity contribution in [2.24, 2.45) is 5.92 Å². The fraction of sp³-hybridized carbons (Fsp3) is 0.308. The third-order valence-corrected chi connectivity index (χ3v) is 6.62. The number of carbonyl (C=O) groups excluding carboxylic acids is 1. The molecular formula is C26H26N2O4. The summed E-state index contributed by atoms with van der Waals surface area (Å²) in [6.45, 7) is 1.91. The Bertz CT molecular complexity index is 1200. The number of piperidine rings is 1. The van der Waals surface area contributed by atoms with Crippen molar-refractivity contribution < 1.29 is 14.3 Å². The molecule has 2 bridgehead atoms. The highest BCUT2D eigenvalue weighted by Gasteiger charge is 2.38. The van der Waals surface area contributed by atoms with Gasteiger partial charge in [-0.05, 0) is 60.4 Å². The Morgan fingerprint density at radius 1 is 0.844 bits per heavy atom. The summed E-state index contributed by atoms with van der Waals surface area (Å²) in [6.07, 6.45) is 0.985. The second-order valence-corrected chi connectivity index (χ2v) is 8.55. The second-order valence-electron chi connectivity index (χ2n) is 8.55. The molecule has 0 spiro atoms. The molecule has 1 saturated heterocycles. The maximum absolute atomic E-state index is 13.2. The molecular weight excluding hydrogens is 404 g/mol. The van der Waals surface area contributed by atoms with E-state index >= 15 is 0 Å². The van der Waals surface area contributed by atoms with Crippen LogP contribution in [0, 0.1) is 5.92 Å². The molecule has 2 aliphatic rings. The summed E-state index contributed by atoms with van der Waals surface area (Å²) in [4.78, 5) is 27.9. The zero-order valence-electron chi connectivity index (χ0n) is 18.3. The molecule has 2 unspecified atom stereocenters. The van der Waals surface area contributed by atoms with Gasteiger partial charge in [0.25, 0.3) is 11.5 Å². The first-order valence-corrected chi connectivity index (χ1v) is 10.9. The van der Waals surface area contributed by atoms with E-state index in [1.807, 2.05) is 64.1 Å². The molecule has 0 saturated carbocycles. The van der Waals surface area contributed by atoms with Gasteiger partial charge < -0.3 is 18.9 Å². The third kappa shape index (κ3) is 3.55. The molecule has 3 heterocycles. The van der Waals surface area contributed by atoms with Gasteiger partial charge in [-0.15, -0.1) is 0 Å². The van der Waals surface area contributed by atoms with Crippen LogP contribution in [-0.4, -0.2) is 42.7 Å². The standard InChI is InChI=1S/C26H26N2O4/c1-31-21-7-3-18(4-8-21)23-11-12-24(29)28-15-17-13-20(25(23)28)16-27(14-17)26(30)19-5-9-22(32-2)10-6-19/h3-12,17,20H,13-16H2,1-2H3. The first kappa shape index (κ1) is 20.4. The Balaban J connectivity index is 1.49. The zero-order valence-corrected chi connectivity index (χ0v) is 18.3. The van der Waals surface area contributed by atoms with Crippen molar-refractivity contribution in [2.75, 3.05) is 27.3 Å². The quantitative estimate of drug-likeness (QED) is 0.632. The maximum atomic E-state index is 13.2. The number of hydrogen-bond donors (Lipinski definition) is 0. The van der Waals surface area contributed by atoms with Crippen LogP contribution in [0.5, 0.6) is 11.5 Å². The summed E-state index contributed by atoms with van der Waals surface area (Å²) in [6, 6.07) is 18.7. The van der Waals surface area contributed by atoms with E-state index in [0.717, 1.165) is 34.7 Å². The van der Waals surface area contributed by atoms with E-state index in [1.54, 1.807) is 20.3 Å². The average Bonchev–Trinajstić information content (AvgIpc) is 2.84. The van der Waals surface area contributed by atoms with E-state index < -0.39 is 0 Å². The summed E-state index contributed by atoms with van der Waals surface area (Å²) in [5, 5.41) is 0. The number of benzene rings is 2. The van der Waals surface area contributed by atoms with Crippen molar-refractivity contribution in [3.05, 3.63) is 82.3 Å². The lowest BCUT2D eigenvalue weighted by molar-refractivity contribution is 0.0595. The zero-order chi connectivity index (χ0) is 22.2. The van der Waals surface area contributed by atoms with Gasteiger partial charge in [0.2, 0.25) is 0 Å². The van der Waals surface area contributed by atoms with Gasteiger partial charge >= 0.3 is 0 Å². The Morgan fingerprint density at radius 2 is 1.50 bits per heavy atom. The van der Waals surface area contributed by atoms with Gasteiger partial charge in [-0.25, -0.2) is 0 Å². The van der Waals surface area contributed by atoms with E-state index in [1.165, 1.54) is 0 Å². The van der Waals surface area contributed by atoms with Crippen molar-refractivity contribution >= 4 is 5.91 Å². The summed E-state index contributed by atoms with van der Waals surface area (Å²) >= 11 is 0. The number of aromatic nitrogens is 1. The molecule has 2 aliphatic heterocycles. The summed E-state index contributed by atoms with van der Waals surface area (Å²) in [7, 11) is 3.26. The molecule has 0 radical (unpaired) electrons. The van der Waals surface area contributed by atoms with E-state index in [0.29, 0.717) is 25.2 Å². The van der Waals surface area contributed by atoms with Crippen LogP contribution in [0.3, 0.4) is 0 Å². The van der Waals surface area contributed by atoms with Gasteiger partial charge in [-0.3, -0.25) is 9.59 Å². The number of nitrogens with zero attached hydrogens (tertiary/aromatic N) is 2. The average molecular weight is 431 g/mol. The summed E-state index contributed by atoms with van der Waals surface area (Å²) in [5.74, 6) is 1.95. The van der Waals surface area contributed by atoms with Gasteiger partial charge in [0, 0.05) is 48.4 Å². The Kier molecular flexibility index (Phi) is 5.21. The summed E-state index contributed by atoms with van der Waals surface area (Å²) in [5.41, 5.74) is 3.82. The van der Waals surface area contributed by atoms with Crippen molar-refractivity contribution in [1.29, 1.82) is 0 Å². The first-order valence-electron chi connectivity index (χ1n) is 10.9. The predicted octanol–water partition coefficient (Wildman–Crippen LogP) is 3.79. The van der Waals surface area contributed by atoms with Crippen LogP contribution in [0.2, 0.25) is 0 Å². The molecule has 32 heavy (non-hydrogen) atoms. The molecule has 0 aliphatic carbocycles. The maximum Gasteiger partial charge on any atom is 0.253 e. The minimum Gasteiger partial charge on any atom is -0.497 e. The normalized spacial score (nSPS) is 19.2. The number of methoxy groups -OCH3 is 2. The number of fused-ring (bicyclic) bond motifs is 4. The molecule has 0 N–H and O–H groups in total. The number of pyridine rings is 1. The van der Waals surface area contributed by atoms with Crippen LogP contribution in [0.4, 0.5) is 0 Å². The lowest BCUT2D eigenvalue weighted by atomic mass is 9.80. The molecule has 3 aromatic rings. The number of ether oxygens (including phenoxy) is 2. The van der Waals surface area contributed by atoms with Crippen molar-refractivity contribution in [3.63, 3.8) is 0 Å². The van der Waals surface area contributed by atoms with Crippen molar-refractivity contribution in [3.8, 4) is 22.6 Å². The van der Waals surface area contributed by atoms with Crippen molar-refractivity contribution in [1.82, 2.24) is 9.47 Å². The molecule has 6 heteroatoms. The Labute approximate surface area is 187 Å². The number of likely N-dealkylation sites (tertiary alicyclic amines) is 1. The molecule has 2 aromatic carbocycles. The van der Waals surface area contributed by atoms with Crippen LogP contribution < -0.4 is 15.0 Å². The fourth-order valence-electron chi connectivity index (χ4n) is 5.11. The Hall–Kier alpha value is -3.54. The Morgan fingerprint density at radius 3 is 2.16 bits per heavy atom. The molecule has 1 amide bonds. The minimum atomic E-state index is 0.0279. The topological polar surface area (TPSA) is 60.8 Å². The van der Waals surface area contributed by atoms with Crippen LogP contribution in [0.1, 0.15) is 28.4 Å². The van der Waals surface area contributed by atoms with E-state index in [9.17, 15) is 9.59 Å². The molecule has 6 nitrogen and oxygen atoms in total. The lowest BCUT2D eigenvalue weighted by Crippen LogP contribution is -2.49. The monoisotopic (exact) mass is 430 g/mol. The summed E-state index contributed by atoms with van der Waals surface area (Å²) < 4.78 is 12.4. The third-order valence-electron chi connectivity index (χ3n) is 6.62. The van der Waals surface area contributed by atoms with Crippen molar-refractivity contribution in [2.45, 2.75) is 18.9 Å². The van der Waals surface area contributed by atoms with E-state index in [-0.39, 0.29) is 23.3 Å². The van der Waals surface area contributed by atoms with Crippen LogP contribution >= 0.6 is 0 Å². The molecule has 5 rings (SSSR count). The highest BCUT2D eigenvalue weighted by atomic mass is 16.5. The number of hydrogen-bond acceptors (Lipinski definition) is 4. The second kappa shape index (κ2) is 8.19. The predicted molar refractivity (Wildman–Crippen MR) is 122 cm³/mol. The van der Waals surface area contributed by atoms with Gasteiger partial charge in [0.05, 0.1) is 14.2 Å². The fourth-order valence-corrected chi connectivity index (χ4v) is 5.11. The van der Waals surface area contributed by atoms with Crippen LogP contribution in [-0.2, 0) is 6.54 Å². The van der Waals surface area contributed by atoms with Gasteiger partial charge in [0.15, 0.2) is 0 Å². The largest absolute Gasteiger partial charge is 0.497 e. The highest BCUT2D eigenvalue weighted by molar-refractivity contribution is 5.94. The first-order chi connectivity index (χ1) is 15.6. The highest BCUT2D eigenvalue weighted by Crippen LogP contribution is 2.40. The minimum absolute atomic E-state index is 0.0279. The molecule has 164 valence electrons. The molecule has 1 aromatic heterocycles. The molecule has 2 atom stereocenters. The van der Waals surface area contributed by atoms with E-state index in [4.69, 9.17) is 9.47 Å². The SMILES string of the molecule is COc1ccc(C(=O)N2CC3CC(C2)c2c(-c4ccc(OC)cc4)ccc(=O)n2C3)cc1. The number of carbonyl (C=O) groups is 1. The lowest BCUT2D eigenvalue weighted by Gasteiger charge is -2.43.